The summed E-state index contributed by atoms with van der Waals surface area (Å²) in [6.07, 6.45) is 1.06. The molecule has 0 radical (unpaired) electrons. The molecule has 0 aromatic heterocycles. The highest BCUT2D eigenvalue weighted by Gasteiger charge is 2.17. The first-order chi connectivity index (χ1) is 15.9. The zero-order chi connectivity index (χ0) is 23.3. The predicted molar refractivity (Wildman–Crippen MR) is 129 cm³/mol. The summed E-state index contributed by atoms with van der Waals surface area (Å²) in [4.78, 5) is 24.3. The SMILES string of the molecule is O=CC(Cc1ccccc1)NC(=O)c1cccc(NS(=O)(=O)c2ccc3ccccc3c2)c1. The Hall–Kier alpha value is -3.97. The Balaban J connectivity index is 1.49. The Morgan fingerprint density at radius 1 is 0.818 bits per heavy atom. The molecule has 1 atom stereocenters. The molecule has 0 saturated carbocycles. The van der Waals surface area contributed by atoms with E-state index < -0.39 is 22.0 Å². The lowest BCUT2D eigenvalue weighted by Gasteiger charge is -2.14. The molecule has 0 aliphatic heterocycles. The molecule has 0 fully saturated rings. The summed E-state index contributed by atoms with van der Waals surface area (Å²) in [6.45, 7) is 0. The van der Waals surface area contributed by atoms with Crippen molar-refractivity contribution in [1.29, 1.82) is 0 Å². The van der Waals surface area contributed by atoms with E-state index >= 15 is 0 Å². The minimum Gasteiger partial charge on any atom is -0.342 e. The Labute approximate surface area is 192 Å². The molecule has 1 unspecified atom stereocenters. The van der Waals surface area contributed by atoms with Gasteiger partial charge < -0.3 is 10.1 Å². The van der Waals surface area contributed by atoms with E-state index in [4.69, 9.17) is 0 Å². The number of anilines is 1. The fourth-order valence-corrected chi connectivity index (χ4v) is 4.61. The average Bonchev–Trinajstić information content (AvgIpc) is 2.83. The fourth-order valence-electron chi connectivity index (χ4n) is 3.53. The molecule has 166 valence electrons. The molecule has 2 N–H and O–H groups in total. The standard InChI is InChI=1S/C26H22N2O4S/c29-18-24(15-19-7-2-1-3-8-19)27-26(30)22-11-6-12-23(16-22)28-33(31,32)25-14-13-20-9-4-5-10-21(20)17-25/h1-14,16-18,24,28H,15H2,(H,27,30). The minimum absolute atomic E-state index is 0.125. The van der Waals surface area contributed by atoms with E-state index in [2.05, 4.69) is 10.0 Å². The fraction of sp³-hybridized carbons (Fsp3) is 0.0769. The van der Waals surface area contributed by atoms with E-state index in [1.807, 2.05) is 54.6 Å². The van der Waals surface area contributed by atoms with Crippen LogP contribution in [-0.2, 0) is 21.2 Å². The van der Waals surface area contributed by atoms with Gasteiger partial charge in [0.05, 0.1) is 10.9 Å². The van der Waals surface area contributed by atoms with E-state index in [1.165, 1.54) is 6.07 Å². The van der Waals surface area contributed by atoms with E-state index in [0.717, 1.165) is 16.3 Å². The highest BCUT2D eigenvalue weighted by Crippen LogP contribution is 2.22. The number of carbonyl (C=O) groups is 2. The van der Waals surface area contributed by atoms with Gasteiger partial charge in [0, 0.05) is 11.3 Å². The van der Waals surface area contributed by atoms with Gasteiger partial charge >= 0.3 is 0 Å². The number of amides is 1. The van der Waals surface area contributed by atoms with Gasteiger partial charge in [0.15, 0.2) is 0 Å². The van der Waals surface area contributed by atoms with Gasteiger partial charge in [-0.15, -0.1) is 0 Å². The molecule has 33 heavy (non-hydrogen) atoms. The first kappa shape index (κ1) is 22.2. The number of benzene rings is 4. The van der Waals surface area contributed by atoms with Gasteiger partial charge in [0.1, 0.15) is 6.29 Å². The molecule has 0 aliphatic rings. The number of aldehydes is 1. The van der Waals surface area contributed by atoms with E-state index in [1.54, 1.807) is 36.4 Å². The normalized spacial score (nSPS) is 12.1. The van der Waals surface area contributed by atoms with Crippen molar-refractivity contribution in [2.24, 2.45) is 0 Å². The minimum atomic E-state index is -3.85. The molecule has 0 saturated heterocycles. The van der Waals surface area contributed by atoms with Crippen LogP contribution in [0.5, 0.6) is 0 Å². The van der Waals surface area contributed by atoms with Crippen LogP contribution in [0.15, 0.2) is 102 Å². The van der Waals surface area contributed by atoms with E-state index in [0.29, 0.717) is 12.7 Å². The van der Waals surface area contributed by atoms with Crippen molar-refractivity contribution in [3.8, 4) is 0 Å². The van der Waals surface area contributed by atoms with Crippen LogP contribution in [0, 0.1) is 0 Å². The van der Waals surface area contributed by atoms with Gasteiger partial charge in [-0.2, -0.15) is 0 Å². The zero-order valence-corrected chi connectivity index (χ0v) is 18.5. The van der Waals surface area contributed by atoms with Crippen LogP contribution in [0.1, 0.15) is 15.9 Å². The smallest absolute Gasteiger partial charge is 0.261 e. The molecule has 4 rings (SSSR count). The predicted octanol–water partition coefficient (Wildman–Crippen LogP) is 4.18. The number of nitrogens with one attached hydrogen (secondary N) is 2. The maximum atomic E-state index is 12.9. The van der Waals surface area contributed by atoms with E-state index in [-0.39, 0.29) is 16.1 Å². The first-order valence-electron chi connectivity index (χ1n) is 10.4. The van der Waals surface area contributed by atoms with Gasteiger partial charge in [-0.05, 0) is 53.1 Å². The molecular formula is C26H22N2O4S. The third kappa shape index (κ3) is 5.45. The maximum Gasteiger partial charge on any atom is 0.261 e. The van der Waals surface area contributed by atoms with Gasteiger partial charge in [0.25, 0.3) is 15.9 Å². The van der Waals surface area contributed by atoms with Crippen LogP contribution in [0.25, 0.3) is 10.8 Å². The van der Waals surface area contributed by atoms with Crippen LogP contribution in [0.4, 0.5) is 5.69 Å². The summed E-state index contributed by atoms with van der Waals surface area (Å²) in [5.41, 5.74) is 1.42. The Bertz CT molecular complexity index is 1400. The zero-order valence-electron chi connectivity index (χ0n) is 17.6. The molecule has 4 aromatic carbocycles. The van der Waals surface area contributed by atoms with Gasteiger partial charge in [-0.3, -0.25) is 9.52 Å². The lowest BCUT2D eigenvalue weighted by atomic mass is 10.1. The van der Waals surface area contributed by atoms with Crippen LogP contribution >= 0.6 is 0 Å². The largest absolute Gasteiger partial charge is 0.342 e. The number of fused-ring (bicyclic) bond motifs is 1. The Morgan fingerprint density at radius 3 is 2.30 bits per heavy atom. The second kappa shape index (κ2) is 9.67. The average molecular weight is 459 g/mol. The number of hydrogen-bond donors (Lipinski definition) is 2. The van der Waals surface area contributed by atoms with E-state index in [9.17, 15) is 18.0 Å². The molecule has 6 nitrogen and oxygen atoms in total. The van der Waals surface area contributed by atoms with Crippen LogP contribution in [-0.4, -0.2) is 26.7 Å². The Kier molecular flexibility index (Phi) is 6.51. The summed E-state index contributed by atoms with van der Waals surface area (Å²) >= 11 is 0. The summed E-state index contributed by atoms with van der Waals surface area (Å²) in [7, 11) is -3.85. The summed E-state index contributed by atoms with van der Waals surface area (Å²) in [6, 6.07) is 27.2. The van der Waals surface area contributed by atoms with Crippen molar-refractivity contribution in [1.82, 2.24) is 5.32 Å². The topological polar surface area (TPSA) is 92.3 Å². The second-order valence-electron chi connectivity index (χ2n) is 7.60. The molecule has 0 bridgehead atoms. The summed E-state index contributed by atoms with van der Waals surface area (Å²) in [5, 5.41) is 4.44. The van der Waals surface area contributed by atoms with Crippen LogP contribution < -0.4 is 10.0 Å². The van der Waals surface area contributed by atoms with Crippen LogP contribution in [0.3, 0.4) is 0 Å². The summed E-state index contributed by atoms with van der Waals surface area (Å²) < 4.78 is 28.3. The second-order valence-corrected chi connectivity index (χ2v) is 9.28. The lowest BCUT2D eigenvalue weighted by Crippen LogP contribution is -2.37. The molecule has 4 aromatic rings. The summed E-state index contributed by atoms with van der Waals surface area (Å²) in [5.74, 6) is -0.463. The molecule has 0 aliphatic carbocycles. The molecule has 0 spiro atoms. The van der Waals surface area contributed by atoms with Gasteiger partial charge in [-0.25, -0.2) is 8.42 Å². The van der Waals surface area contributed by atoms with Crippen LogP contribution in [0.2, 0.25) is 0 Å². The highest BCUT2D eigenvalue weighted by atomic mass is 32.2. The maximum absolute atomic E-state index is 12.9. The number of rotatable bonds is 8. The van der Waals surface area contributed by atoms with Crippen molar-refractivity contribution in [3.05, 3.63) is 108 Å². The monoisotopic (exact) mass is 458 g/mol. The quantitative estimate of drug-likeness (QED) is 0.388. The molecule has 1 amide bonds. The van der Waals surface area contributed by atoms with Crippen molar-refractivity contribution >= 4 is 38.7 Å². The molecular weight excluding hydrogens is 436 g/mol. The first-order valence-corrected chi connectivity index (χ1v) is 11.8. The highest BCUT2D eigenvalue weighted by molar-refractivity contribution is 7.92. The molecule has 7 heteroatoms. The van der Waals surface area contributed by atoms with Crippen molar-refractivity contribution < 1.29 is 18.0 Å². The Morgan fingerprint density at radius 2 is 1.55 bits per heavy atom. The molecule has 0 heterocycles. The number of sulfonamides is 1. The van der Waals surface area contributed by atoms with Crippen molar-refractivity contribution in [2.45, 2.75) is 17.4 Å². The van der Waals surface area contributed by atoms with Crippen molar-refractivity contribution in [2.75, 3.05) is 4.72 Å². The third-order valence-electron chi connectivity index (χ3n) is 5.19. The number of hydrogen-bond acceptors (Lipinski definition) is 4. The third-order valence-corrected chi connectivity index (χ3v) is 6.57. The van der Waals surface area contributed by atoms with Crippen molar-refractivity contribution in [3.63, 3.8) is 0 Å². The van der Waals surface area contributed by atoms with Gasteiger partial charge in [0.2, 0.25) is 0 Å². The number of carbonyl (C=O) groups excluding carboxylic acids is 2. The van der Waals surface area contributed by atoms with Gasteiger partial charge in [-0.1, -0.05) is 66.7 Å². The lowest BCUT2D eigenvalue weighted by molar-refractivity contribution is -0.109.